The molecule has 1 saturated carbocycles. The second-order valence-electron chi connectivity index (χ2n) is 5.96. The molecule has 12 heteroatoms. The van der Waals surface area contributed by atoms with E-state index in [1.165, 1.54) is 12.1 Å². The number of anilines is 3. The first kappa shape index (κ1) is 21.3. The maximum atomic E-state index is 14.5. The van der Waals surface area contributed by atoms with Crippen molar-refractivity contribution in [1.82, 2.24) is 4.72 Å². The lowest BCUT2D eigenvalue weighted by atomic mass is 10.2. The molecule has 0 aromatic heterocycles. The first-order valence-electron chi connectivity index (χ1n) is 7.83. The predicted octanol–water partition coefficient (Wildman–Crippen LogP) is 4.09. The predicted molar refractivity (Wildman–Crippen MR) is 109 cm³/mol. The van der Waals surface area contributed by atoms with Crippen LogP contribution in [0.3, 0.4) is 0 Å². The highest BCUT2D eigenvalue weighted by atomic mass is 127. The number of nitrogens with one attached hydrogen (secondary N) is 3. The van der Waals surface area contributed by atoms with E-state index < -0.39 is 45.1 Å². The molecule has 2 unspecified atom stereocenters. The zero-order chi connectivity index (χ0) is 20.6. The molecule has 0 radical (unpaired) electrons. The van der Waals surface area contributed by atoms with Gasteiger partial charge in [0.05, 0.1) is 18.2 Å². The summed E-state index contributed by atoms with van der Waals surface area (Å²) >= 11 is 7.68. The molecule has 2 atom stereocenters. The standard InChI is InChI=1S/C16H14ClF3IN3O3S/c1-27-13-6-10(19)14(20)16(22-11-3-2-7(21)4-9(11)18)15(13)24-28(25,26)23-12-5-8(12)17/h2-4,6,8,12,22-24H,5H2,1H3. The van der Waals surface area contributed by atoms with Crippen molar-refractivity contribution in [3.8, 4) is 5.75 Å². The summed E-state index contributed by atoms with van der Waals surface area (Å²) in [7, 11) is -3.03. The van der Waals surface area contributed by atoms with Gasteiger partial charge in [0.2, 0.25) is 0 Å². The number of methoxy groups -OCH3 is 1. The third-order valence-electron chi connectivity index (χ3n) is 3.85. The second-order valence-corrected chi connectivity index (χ2v) is 9.21. The van der Waals surface area contributed by atoms with Gasteiger partial charge in [-0.3, -0.25) is 4.72 Å². The van der Waals surface area contributed by atoms with Gasteiger partial charge in [-0.05, 0) is 47.2 Å². The van der Waals surface area contributed by atoms with E-state index in [9.17, 15) is 21.6 Å². The zero-order valence-electron chi connectivity index (χ0n) is 14.2. The summed E-state index contributed by atoms with van der Waals surface area (Å²) in [6.45, 7) is 0. The molecule has 1 aliphatic rings. The van der Waals surface area contributed by atoms with Gasteiger partial charge in [-0.2, -0.15) is 13.1 Å². The second kappa shape index (κ2) is 8.13. The lowest BCUT2D eigenvalue weighted by Crippen LogP contribution is -2.33. The average Bonchev–Trinajstić information content (AvgIpc) is 3.29. The Balaban J connectivity index is 2.03. The van der Waals surface area contributed by atoms with Crippen LogP contribution in [-0.4, -0.2) is 26.9 Å². The molecule has 2 aromatic carbocycles. The van der Waals surface area contributed by atoms with Crippen molar-refractivity contribution in [2.45, 2.75) is 17.8 Å². The normalized spacial score (nSPS) is 18.6. The summed E-state index contributed by atoms with van der Waals surface area (Å²) in [5, 5.41) is 2.05. The minimum Gasteiger partial charge on any atom is -0.494 e. The maximum absolute atomic E-state index is 14.5. The molecule has 152 valence electrons. The van der Waals surface area contributed by atoms with E-state index in [1.54, 1.807) is 6.07 Å². The van der Waals surface area contributed by atoms with Crippen molar-refractivity contribution in [3.05, 3.63) is 45.3 Å². The minimum absolute atomic E-state index is 0.177. The minimum atomic E-state index is -4.19. The highest BCUT2D eigenvalue weighted by molar-refractivity contribution is 14.1. The Morgan fingerprint density at radius 3 is 2.43 bits per heavy atom. The van der Waals surface area contributed by atoms with Gasteiger partial charge in [-0.25, -0.2) is 13.2 Å². The van der Waals surface area contributed by atoms with Gasteiger partial charge in [0.1, 0.15) is 22.9 Å². The largest absolute Gasteiger partial charge is 0.494 e. The summed E-state index contributed by atoms with van der Waals surface area (Å²) in [4.78, 5) is 0. The van der Waals surface area contributed by atoms with E-state index in [2.05, 4.69) is 14.8 Å². The highest BCUT2D eigenvalue weighted by Crippen LogP contribution is 2.40. The molecule has 0 aliphatic heterocycles. The fourth-order valence-electron chi connectivity index (χ4n) is 2.36. The number of hydrogen-bond donors (Lipinski definition) is 3. The summed E-state index contributed by atoms with van der Waals surface area (Å²) in [5.74, 6) is -3.73. The van der Waals surface area contributed by atoms with Crippen molar-refractivity contribution in [2.75, 3.05) is 17.1 Å². The van der Waals surface area contributed by atoms with E-state index in [4.69, 9.17) is 16.3 Å². The van der Waals surface area contributed by atoms with Crippen LogP contribution in [0.4, 0.5) is 30.2 Å². The molecule has 0 saturated heterocycles. The Hall–Kier alpha value is -1.44. The number of alkyl halides is 1. The van der Waals surface area contributed by atoms with Crippen LogP contribution < -0.4 is 19.5 Å². The number of benzene rings is 2. The molecular weight excluding hydrogens is 534 g/mol. The van der Waals surface area contributed by atoms with E-state index in [1.807, 2.05) is 22.6 Å². The molecule has 1 aliphatic carbocycles. The Bertz CT molecular complexity index is 1030. The van der Waals surface area contributed by atoms with E-state index >= 15 is 0 Å². The fraction of sp³-hybridized carbons (Fsp3) is 0.250. The molecule has 0 bridgehead atoms. The van der Waals surface area contributed by atoms with Gasteiger partial charge in [0.25, 0.3) is 10.2 Å². The zero-order valence-corrected chi connectivity index (χ0v) is 17.9. The van der Waals surface area contributed by atoms with Crippen LogP contribution >= 0.6 is 34.2 Å². The van der Waals surface area contributed by atoms with Crippen LogP contribution in [0.15, 0.2) is 24.3 Å². The third kappa shape index (κ3) is 4.75. The van der Waals surface area contributed by atoms with E-state index in [-0.39, 0.29) is 16.8 Å². The highest BCUT2D eigenvalue weighted by Gasteiger charge is 2.39. The van der Waals surface area contributed by atoms with E-state index in [0.717, 1.165) is 7.11 Å². The summed E-state index contributed by atoms with van der Waals surface area (Å²) in [6, 6.07) is 4.24. The molecule has 1 fully saturated rings. The van der Waals surface area contributed by atoms with Gasteiger partial charge < -0.3 is 10.1 Å². The number of halogens is 5. The van der Waals surface area contributed by atoms with Gasteiger partial charge in [-0.15, -0.1) is 11.6 Å². The molecular formula is C16H14ClF3IN3O3S. The molecule has 0 heterocycles. The molecule has 3 rings (SSSR count). The molecule has 3 N–H and O–H groups in total. The monoisotopic (exact) mass is 547 g/mol. The number of ether oxygens (including phenoxy) is 1. The Morgan fingerprint density at radius 2 is 1.86 bits per heavy atom. The van der Waals surface area contributed by atoms with Crippen molar-refractivity contribution in [3.63, 3.8) is 0 Å². The van der Waals surface area contributed by atoms with Crippen molar-refractivity contribution >= 4 is 61.5 Å². The number of hydrogen-bond acceptors (Lipinski definition) is 4. The Morgan fingerprint density at radius 1 is 1.18 bits per heavy atom. The molecule has 0 spiro atoms. The van der Waals surface area contributed by atoms with Crippen LogP contribution in [0.25, 0.3) is 0 Å². The fourth-order valence-corrected chi connectivity index (χ4v) is 4.33. The van der Waals surface area contributed by atoms with Crippen LogP contribution in [0.2, 0.25) is 0 Å². The van der Waals surface area contributed by atoms with Gasteiger partial charge in [0, 0.05) is 15.7 Å². The SMILES string of the molecule is COc1cc(F)c(F)c(Nc2ccc(I)cc2F)c1NS(=O)(=O)NC1CC1Cl. The molecule has 0 amide bonds. The molecule has 6 nitrogen and oxygen atoms in total. The maximum Gasteiger partial charge on any atom is 0.299 e. The summed E-state index contributed by atoms with van der Waals surface area (Å²) in [5.41, 5.74) is -1.22. The molecule has 28 heavy (non-hydrogen) atoms. The smallest absolute Gasteiger partial charge is 0.299 e. The van der Waals surface area contributed by atoms with Crippen LogP contribution in [0, 0.1) is 21.0 Å². The van der Waals surface area contributed by atoms with Crippen molar-refractivity contribution < 1.29 is 26.3 Å². The van der Waals surface area contributed by atoms with Crippen molar-refractivity contribution in [2.24, 2.45) is 0 Å². The molecule has 2 aromatic rings. The average molecular weight is 548 g/mol. The number of rotatable bonds is 7. The lowest BCUT2D eigenvalue weighted by Gasteiger charge is -2.19. The van der Waals surface area contributed by atoms with Crippen LogP contribution in [0.5, 0.6) is 5.75 Å². The van der Waals surface area contributed by atoms with Gasteiger partial charge in [-0.1, -0.05) is 0 Å². The van der Waals surface area contributed by atoms with Gasteiger partial charge >= 0.3 is 0 Å². The summed E-state index contributed by atoms with van der Waals surface area (Å²) < 4.78 is 77.2. The topological polar surface area (TPSA) is 79.5 Å². The van der Waals surface area contributed by atoms with Crippen molar-refractivity contribution in [1.29, 1.82) is 0 Å². The van der Waals surface area contributed by atoms with Crippen LogP contribution in [0.1, 0.15) is 6.42 Å². The Labute approximate surface area is 178 Å². The first-order chi connectivity index (χ1) is 13.1. The Kier molecular flexibility index (Phi) is 6.17. The first-order valence-corrected chi connectivity index (χ1v) is 10.8. The van der Waals surface area contributed by atoms with Gasteiger partial charge in [0.15, 0.2) is 11.6 Å². The third-order valence-corrected chi connectivity index (χ3v) is 6.09. The van der Waals surface area contributed by atoms with Crippen LogP contribution in [-0.2, 0) is 10.2 Å². The quantitative estimate of drug-likeness (QED) is 0.361. The van der Waals surface area contributed by atoms with E-state index in [0.29, 0.717) is 16.1 Å². The lowest BCUT2D eigenvalue weighted by molar-refractivity contribution is 0.409. The summed E-state index contributed by atoms with van der Waals surface area (Å²) in [6.07, 6.45) is 0.441.